The summed E-state index contributed by atoms with van der Waals surface area (Å²) < 4.78 is 7.09. The molecule has 2 aromatic rings. The van der Waals surface area contributed by atoms with Crippen molar-refractivity contribution in [2.45, 2.75) is 0 Å². The summed E-state index contributed by atoms with van der Waals surface area (Å²) in [7, 11) is 3.51. The average Bonchev–Trinajstić information content (AvgIpc) is 2.39. The molecule has 0 spiro atoms. The summed E-state index contributed by atoms with van der Waals surface area (Å²) in [4.78, 5) is 13.4. The van der Waals surface area contributed by atoms with Gasteiger partial charge in [0.25, 0.3) is 0 Å². The van der Waals surface area contributed by atoms with Gasteiger partial charge in [-0.25, -0.2) is 9.36 Å². The van der Waals surface area contributed by atoms with Crippen LogP contribution in [0.3, 0.4) is 0 Å². The summed E-state index contributed by atoms with van der Waals surface area (Å²) in [5.74, 6) is 0.496. The first kappa shape index (κ1) is 13.4. The molecule has 1 heterocycles. The van der Waals surface area contributed by atoms with E-state index in [1.165, 1.54) is 4.90 Å². The number of carbonyl (C=O) groups is 1. The van der Waals surface area contributed by atoms with Gasteiger partial charge in [0.05, 0.1) is 0 Å². The summed E-state index contributed by atoms with van der Waals surface area (Å²) in [5, 5.41) is 0.626. The molecule has 0 N–H and O–H groups in total. The van der Waals surface area contributed by atoms with Crippen LogP contribution >= 0.6 is 11.6 Å². The van der Waals surface area contributed by atoms with E-state index in [0.29, 0.717) is 10.8 Å². The monoisotopic (exact) mass is 277 g/mol. The number of ether oxygens (including phenoxy) is 1. The predicted octanol–water partition coefficient (Wildman–Crippen LogP) is 2.80. The van der Waals surface area contributed by atoms with E-state index < -0.39 is 6.09 Å². The lowest BCUT2D eigenvalue weighted by Gasteiger charge is -2.16. The number of aromatic nitrogens is 1. The maximum absolute atomic E-state index is 12.0. The molecule has 5 heteroatoms. The molecule has 0 radical (unpaired) electrons. The molecule has 1 amide bonds. The van der Waals surface area contributed by atoms with Crippen molar-refractivity contribution in [1.29, 1.82) is 0 Å². The molecule has 4 nitrogen and oxygen atoms in total. The molecular weight excluding hydrogens is 264 g/mol. The second-order valence-corrected chi connectivity index (χ2v) is 4.54. The predicted molar refractivity (Wildman–Crippen MR) is 73.5 cm³/mol. The van der Waals surface area contributed by atoms with Gasteiger partial charge < -0.3 is 4.74 Å². The number of nitrogens with zero attached hydrogens (tertiary/aromatic N) is 2. The van der Waals surface area contributed by atoms with E-state index in [4.69, 9.17) is 16.3 Å². The zero-order valence-corrected chi connectivity index (χ0v) is 11.5. The van der Waals surface area contributed by atoms with Crippen LogP contribution in [0.15, 0.2) is 48.8 Å². The van der Waals surface area contributed by atoms with Gasteiger partial charge in [0, 0.05) is 23.8 Å². The van der Waals surface area contributed by atoms with E-state index in [0.717, 1.165) is 5.69 Å². The molecule has 0 aliphatic rings. The molecule has 0 bridgehead atoms. The largest absolute Gasteiger partial charge is 0.419 e. The second-order valence-electron chi connectivity index (χ2n) is 4.11. The van der Waals surface area contributed by atoms with Gasteiger partial charge in [0.1, 0.15) is 7.05 Å². The summed E-state index contributed by atoms with van der Waals surface area (Å²) in [6, 6.07) is 10.5. The smallest absolute Gasteiger partial charge is 0.404 e. The zero-order chi connectivity index (χ0) is 13.8. The van der Waals surface area contributed by atoms with E-state index in [1.54, 1.807) is 43.6 Å². The summed E-state index contributed by atoms with van der Waals surface area (Å²) >= 11 is 5.81. The average molecular weight is 278 g/mol. The lowest BCUT2D eigenvalue weighted by molar-refractivity contribution is -0.671. The Morgan fingerprint density at radius 1 is 1.26 bits per heavy atom. The van der Waals surface area contributed by atoms with Gasteiger partial charge in [-0.05, 0) is 30.3 Å². The molecule has 0 aliphatic heterocycles. The molecule has 19 heavy (non-hydrogen) atoms. The van der Waals surface area contributed by atoms with Crippen LogP contribution in [0.4, 0.5) is 10.5 Å². The molecule has 0 saturated carbocycles. The molecule has 2 rings (SSSR count). The van der Waals surface area contributed by atoms with Crippen LogP contribution in [0.1, 0.15) is 0 Å². The Labute approximate surface area is 116 Å². The van der Waals surface area contributed by atoms with Gasteiger partial charge in [-0.1, -0.05) is 11.6 Å². The molecule has 98 valence electrons. The Kier molecular flexibility index (Phi) is 4.02. The number of anilines is 1. The van der Waals surface area contributed by atoms with Crippen molar-refractivity contribution in [3.05, 3.63) is 53.8 Å². The van der Waals surface area contributed by atoms with Crippen LogP contribution in [0.25, 0.3) is 0 Å². The van der Waals surface area contributed by atoms with Crippen LogP contribution < -0.4 is 14.2 Å². The Balaban J connectivity index is 2.09. The van der Waals surface area contributed by atoms with E-state index in [9.17, 15) is 4.79 Å². The SMILES string of the molecule is CN(C(=O)Oc1ccc[n+](C)c1)c1ccc(Cl)cc1. The van der Waals surface area contributed by atoms with Crippen molar-refractivity contribution in [3.63, 3.8) is 0 Å². The van der Waals surface area contributed by atoms with Crippen molar-refractivity contribution in [2.75, 3.05) is 11.9 Å². The topological polar surface area (TPSA) is 33.4 Å². The number of carbonyl (C=O) groups excluding carboxylic acids is 1. The minimum atomic E-state index is -0.450. The fourth-order valence-corrected chi connectivity index (χ4v) is 1.69. The first-order chi connectivity index (χ1) is 9.06. The van der Waals surface area contributed by atoms with Crippen molar-refractivity contribution < 1.29 is 14.1 Å². The molecule has 0 fully saturated rings. The van der Waals surface area contributed by atoms with Crippen LogP contribution in [0.5, 0.6) is 5.75 Å². The van der Waals surface area contributed by atoms with Crippen molar-refractivity contribution in [2.24, 2.45) is 7.05 Å². The first-order valence-corrected chi connectivity index (χ1v) is 6.10. The first-order valence-electron chi connectivity index (χ1n) is 5.72. The van der Waals surface area contributed by atoms with Crippen LogP contribution in [0, 0.1) is 0 Å². The third-order valence-electron chi connectivity index (χ3n) is 2.61. The number of hydrogen-bond acceptors (Lipinski definition) is 2. The van der Waals surface area contributed by atoms with E-state index in [2.05, 4.69) is 0 Å². The van der Waals surface area contributed by atoms with Crippen molar-refractivity contribution in [3.8, 4) is 5.75 Å². The second kappa shape index (κ2) is 5.71. The summed E-state index contributed by atoms with van der Waals surface area (Å²) in [5.41, 5.74) is 0.717. The van der Waals surface area contributed by atoms with Crippen molar-refractivity contribution >= 4 is 23.4 Å². The number of hydrogen-bond donors (Lipinski definition) is 0. The molecule has 1 aromatic carbocycles. The van der Waals surface area contributed by atoms with Gasteiger partial charge in [-0.2, -0.15) is 0 Å². The fraction of sp³-hybridized carbons (Fsp3) is 0.143. The van der Waals surface area contributed by atoms with E-state index in [-0.39, 0.29) is 0 Å². The number of benzene rings is 1. The zero-order valence-electron chi connectivity index (χ0n) is 10.7. The standard InChI is InChI=1S/C14H14ClN2O2/c1-16-9-3-4-13(10-16)19-14(18)17(2)12-7-5-11(15)6-8-12/h3-10H,1-2H3/q+1. The lowest BCUT2D eigenvalue weighted by Crippen LogP contribution is -2.31. The van der Waals surface area contributed by atoms with Crippen LogP contribution in [-0.2, 0) is 7.05 Å². The highest BCUT2D eigenvalue weighted by atomic mass is 35.5. The molecule has 0 saturated heterocycles. The van der Waals surface area contributed by atoms with Gasteiger partial charge in [-0.3, -0.25) is 4.90 Å². The van der Waals surface area contributed by atoms with Crippen molar-refractivity contribution in [1.82, 2.24) is 0 Å². The molecule has 0 aliphatic carbocycles. The normalized spacial score (nSPS) is 10.1. The minimum Gasteiger partial charge on any atom is -0.404 e. The van der Waals surface area contributed by atoms with Gasteiger partial charge in [-0.15, -0.1) is 0 Å². The van der Waals surface area contributed by atoms with E-state index in [1.807, 2.05) is 23.9 Å². The quantitative estimate of drug-likeness (QED) is 0.791. The fourth-order valence-electron chi connectivity index (χ4n) is 1.56. The lowest BCUT2D eigenvalue weighted by atomic mass is 10.3. The maximum atomic E-state index is 12.0. The molecule has 1 aromatic heterocycles. The Morgan fingerprint density at radius 3 is 2.58 bits per heavy atom. The number of halogens is 1. The molecular formula is C14H14ClN2O2+. The Bertz CT molecular complexity index is 584. The number of pyridine rings is 1. The Hall–Kier alpha value is -2.07. The molecule has 0 atom stereocenters. The highest BCUT2D eigenvalue weighted by molar-refractivity contribution is 6.30. The Morgan fingerprint density at radius 2 is 1.95 bits per heavy atom. The maximum Gasteiger partial charge on any atom is 0.419 e. The molecule has 0 unspecified atom stereocenters. The third-order valence-corrected chi connectivity index (χ3v) is 2.86. The van der Waals surface area contributed by atoms with Gasteiger partial charge >= 0.3 is 6.09 Å². The highest BCUT2D eigenvalue weighted by Crippen LogP contribution is 2.18. The minimum absolute atomic E-state index is 0.450. The van der Waals surface area contributed by atoms with E-state index >= 15 is 0 Å². The van der Waals surface area contributed by atoms with Crippen LogP contribution in [-0.4, -0.2) is 13.1 Å². The summed E-state index contributed by atoms with van der Waals surface area (Å²) in [6.45, 7) is 0. The number of aryl methyl sites for hydroxylation is 1. The number of amides is 1. The van der Waals surface area contributed by atoms with Gasteiger partial charge in [0.2, 0.25) is 6.20 Å². The summed E-state index contributed by atoms with van der Waals surface area (Å²) in [6.07, 6.45) is 3.14. The van der Waals surface area contributed by atoms with Crippen LogP contribution in [0.2, 0.25) is 5.02 Å². The third kappa shape index (κ3) is 3.45. The highest BCUT2D eigenvalue weighted by Gasteiger charge is 2.14. The van der Waals surface area contributed by atoms with Gasteiger partial charge in [0.15, 0.2) is 11.9 Å². The number of rotatable bonds is 2.